The van der Waals surface area contributed by atoms with Crippen molar-refractivity contribution < 1.29 is 40.7 Å². The molecule has 2 amide bonds. The van der Waals surface area contributed by atoms with Crippen molar-refractivity contribution in [3.63, 3.8) is 0 Å². The molecule has 3 aromatic heterocycles. The van der Waals surface area contributed by atoms with Crippen molar-refractivity contribution in [3.8, 4) is 11.3 Å². The van der Waals surface area contributed by atoms with Crippen molar-refractivity contribution in [1.82, 2.24) is 24.5 Å². The number of anilines is 1. The van der Waals surface area contributed by atoms with E-state index in [0.717, 1.165) is 10.1 Å². The predicted molar refractivity (Wildman–Crippen MR) is 141 cm³/mol. The van der Waals surface area contributed by atoms with Gasteiger partial charge in [-0.1, -0.05) is 30.3 Å². The molecular formula is C28H24F6N6O3. The average Bonchev–Trinajstić information content (AvgIpc) is 3.34. The summed E-state index contributed by atoms with van der Waals surface area (Å²) in [4.78, 5) is 34.7. The van der Waals surface area contributed by atoms with Crippen molar-refractivity contribution >= 4 is 23.1 Å². The molecule has 1 N–H and O–H groups in total. The summed E-state index contributed by atoms with van der Waals surface area (Å²) in [5.41, 5.74) is -0.671. The normalized spacial score (nSPS) is 16.0. The summed E-state index contributed by atoms with van der Waals surface area (Å²) in [6, 6.07) is 11.7. The monoisotopic (exact) mass is 606 g/mol. The van der Waals surface area contributed by atoms with Crippen LogP contribution < -0.4 is 5.32 Å². The van der Waals surface area contributed by atoms with E-state index in [9.17, 15) is 35.9 Å². The molecule has 226 valence electrons. The average molecular weight is 607 g/mol. The summed E-state index contributed by atoms with van der Waals surface area (Å²) in [6.07, 6.45) is -9.42. The molecule has 1 aliphatic rings. The molecule has 15 heteroatoms. The summed E-state index contributed by atoms with van der Waals surface area (Å²) < 4.78 is 87.6. The van der Waals surface area contributed by atoms with E-state index in [2.05, 4.69) is 15.1 Å². The first-order chi connectivity index (χ1) is 20.2. The van der Waals surface area contributed by atoms with Crippen LogP contribution in [0.5, 0.6) is 0 Å². The second-order valence-electron chi connectivity index (χ2n) is 9.95. The third kappa shape index (κ3) is 6.16. The van der Waals surface area contributed by atoms with Crippen molar-refractivity contribution in [2.24, 2.45) is 0 Å². The second-order valence-corrected chi connectivity index (χ2v) is 9.95. The zero-order valence-electron chi connectivity index (χ0n) is 22.8. The van der Waals surface area contributed by atoms with E-state index in [1.807, 2.05) is 30.3 Å². The molecule has 0 saturated carbocycles. The maximum absolute atomic E-state index is 14.1. The number of carbonyl (C=O) groups is 2. The molecule has 0 bridgehead atoms. The lowest BCUT2D eigenvalue weighted by Gasteiger charge is -2.33. The molecule has 43 heavy (non-hydrogen) atoms. The van der Waals surface area contributed by atoms with Gasteiger partial charge in [0.1, 0.15) is 11.8 Å². The van der Waals surface area contributed by atoms with E-state index < -0.39 is 41.1 Å². The third-order valence-corrected chi connectivity index (χ3v) is 6.99. The summed E-state index contributed by atoms with van der Waals surface area (Å²) >= 11 is 0. The Labute approximate surface area is 240 Å². The summed E-state index contributed by atoms with van der Waals surface area (Å²) in [5.74, 6) is -3.89. The van der Waals surface area contributed by atoms with Gasteiger partial charge >= 0.3 is 18.3 Å². The van der Waals surface area contributed by atoms with Crippen molar-refractivity contribution in [2.45, 2.75) is 38.7 Å². The largest absolute Gasteiger partial charge is 0.471 e. The maximum atomic E-state index is 14.1. The molecule has 1 saturated heterocycles. The number of ether oxygens (including phenoxy) is 1. The molecule has 5 rings (SSSR count). The molecule has 4 aromatic rings. The van der Waals surface area contributed by atoms with Crippen LogP contribution in [0.3, 0.4) is 0 Å². The molecule has 1 atom stereocenters. The minimum atomic E-state index is -5.37. The first-order valence-electron chi connectivity index (χ1n) is 13.0. The van der Waals surface area contributed by atoms with Gasteiger partial charge in [-0.05, 0) is 31.5 Å². The van der Waals surface area contributed by atoms with Gasteiger partial charge in [0.2, 0.25) is 0 Å². The van der Waals surface area contributed by atoms with E-state index in [0.29, 0.717) is 24.5 Å². The molecule has 1 fully saturated rings. The van der Waals surface area contributed by atoms with Gasteiger partial charge in [-0.3, -0.25) is 14.6 Å². The van der Waals surface area contributed by atoms with Crippen LogP contribution >= 0.6 is 0 Å². The summed E-state index contributed by atoms with van der Waals surface area (Å²) in [5, 5.41) is 5.23. The van der Waals surface area contributed by atoms with Gasteiger partial charge in [0.05, 0.1) is 35.2 Å². The number of hydrogen-bond acceptors (Lipinski definition) is 6. The van der Waals surface area contributed by atoms with Gasteiger partial charge in [0.15, 0.2) is 5.82 Å². The highest BCUT2D eigenvalue weighted by Crippen LogP contribution is 2.40. The topological polar surface area (TPSA) is 102 Å². The molecule has 0 radical (unpaired) electrons. The molecule has 1 unspecified atom stereocenters. The number of hydrogen-bond donors (Lipinski definition) is 1. The Balaban J connectivity index is 1.54. The van der Waals surface area contributed by atoms with E-state index in [4.69, 9.17) is 4.74 Å². The fraction of sp³-hybridized carbons (Fsp3) is 0.321. The number of fused-ring (bicyclic) bond motifs is 1. The van der Waals surface area contributed by atoms with E-state index in [1.54, 1.807) is 11.8 Å². The number of nitrogens with zero attached hydrogens (tertiary/aromatic N) is 5. The smallest absolute Gasteiger partial charge is 0.374 e. The highest BCUT2D eigenvalue weighted by atomic mass is 19.4. The predicted octanol–water partition coefficient (Wildman–Crippen LogP) is 5.01. The van der Waals surface area contributed by atoms with Crippen molar-refractivity contribution in [2.75, 3.05) is 25.0 Å². The van der Waals surface area contributed by atoms with Gasteiger partial charge in [0.25, 0.3) is 5.91 Å². The Hall–Kier alpha value is -4.53. The summed E-state index contributed by atoms with van der Waals surface area (Å²) in [6.45, 7) is 3.96. The van der Waals surface area contributed by atoms with Crippen LogP contribution in [0.1, 0.15) is 32.9 Å². The molecule has 9 nitrogen and oxygen atoms in total. The number of alkyl halides is 6. The molecule has 4 heterocycles. The highest BCUT2D eigenvalue weighted by molar-refractivity contribution is 5.99. The Morgan fingerprint density at radius 1 is 1.05 bits per heavy atom. The SMILES string of the molecule is Cc1nc(C)c(-c2cc(C(F)(F)F)c3c(NC(=O)C(F)(F)F)ncnn23)cc1C(=O)N1CCOC(Cc2ccccc2)C1. The Bertz CT molecular complexity index is 1690. The molecule has 0 aliphatic carbocycles. The van der Waals surface area contributed by atoms with Gasteiger partial charge < -0.3 is 15.0 Å². The number of carbonyl (C=O) groups excluding carboxylic acids is 2. The highest BCUT2D eigenvalue weighted by Gasteiger charge is 2.41. The van der Waals surface area contributed by atoms with Crippen LogP contribution in [0.25, 0.3) is 16.8 Å². The number of halogens is 6. The zero-order chi connectivity index (χ0) is 31.1. The quantitative estimate of drug-likeness (QED) is 0.321. The van der Waals surface area contributed by atoms with Crippen LogP contribution in [0.4, 0.5) is 32.2 Å². The zero-order valence-corrected chi connectivity index (χ0v) is 22.8. The van der Waals surface area contributed by atoms with Crippen LogP contribution in [0.2, 0.25) is 0 Å². The van der Waals surface area contributed by atoms with Gasteiger partial charge in [-0.25, -0.2) is 9.50 Å². The Morgan fingerprint density at radius 3 is 2.44 bits per heavy atom. The van der Waals surface area contributed by atoms with Gasteiger partial charge in [-0.15, -0.1) is 0 Å². The lowest BCUT2D eigenvalue weighted by atomic mass is 10.0. The first-order valence-corrected chi connectivity index (χ1v) is 13.0. The number of morpholine rings is 1. The number of aromatic nitrogens is 4. The number of amides is 2. The van der Waals surface area contributed by atoms with Crippen LogP contribution in [-0.4, -0.2) is 68.3 Å². The molecule has 0 spiro atoms. The Kier molecular flexibility index (Phi) is 7.86. The minimum absolute atomic E-state index is 0.0837. The van der Waals surface area contributed by atoms with E-state index in [-0.39, 0.29) is 48.3 Å². The van der Waals surface area contributed by atoms with Gasteiger partial charge in [0, 0.05) is 30.8 Å². The number of nitrogens with one attached hydrogen (secondary N) is 1. The van der Waals surface area contributed by atoms with E-state index >= 15 is 0 Å². The molecule has 1 aromatic carbocycles. The Morgan fingerprint density at radius 2 is 1.77 bits per heavy atom. The van der Waals surface area contributed by atoms with Crippen LogP contribution in [0, 0.1) is 13.8 Å². The lowest BCUT2D eigenvalue weighted by Crippen LogP contribution is -2.46. The standard InChI is InChI=1S/C28H24F6N6O3/c1-15-19(22-12-21(27(29,30)31)23-24(35-14-36-40(22)23)38-26(42)28(32,33)34)11-20(16(2)37-15)25(41)39-8-9-43-18(13-39)10-17-6-4-3-5-7-17/h3-7,11-12,14,18H,8-10,13H2,1-2H3,(H,35,36,38,42). The number of rotatable bonds is 5. The minimum Gasteiger partial charge on any atom is -0.374 e. The number of aryl methyl sites for hydroxylation is 2. The maximum Gasteiger partial charge on any atom is 0.471 e. The second kappa shape index (κ2) is 11.3. The third-order valence-electron chi connectivity index (χ3n) is 6.99. The molecule has 1 aliphatic heterocycles. The molecular weight excluding hydrogens is 582 g/mol. The summed E-state index contributed by atoms with van der Waals surface area (Å²) in [7, 11) is 0. The number of pyridine rings is 1. The lowest BCUT2D eigenvalue weighted by molar-refractivity contribution is -0.167. The van der Waals surface area contributed by atoms with Gasteiger partial charge in [-0.2, -0.15) is 31.4 Å². The van der Waals surface area contributed by atoms with E-state index in [1.165, 1.54) is 18.3 Å². The fourth-order valence-electron chi connectivity index (χ4n) is 5.00. The fourth-order valence-corrected chi connectivity index (χ4v) is 5.00. The van der Waals surface area contributed by atoms with Crippen molar-refractivity contribution in [1.29, 1.82) is 0 Å². The number of benzene rings is 1. The van der Waals surface area contributed by atoms with Crippen LogP contribution in [-0.2, 0) is 22.1 Å². The van der Waals surface area contributed by atoms with Crippen LogP contribution in [0.15, 0.2) is 48.8 Å². The van der Waals surface area contributed by atoms with Crippen molar-refractivity contribution in [3.05, 3.63) is 76.9 Å². The first kappa shape index (κ1) is 29.9.